The second kappa shape index (κ2) is 8.46. The number of amides is 2. The van der Waals surface area contributed by atoms with E-state index in [1.54, 1.807) is 23.6 Å². The molecular weight excluding hydrogens is 372 g/mol. The number of para-hydroxylation sites is 1. The van der Waals surface area contributed by atoms with E-state index < -0.39 is 11.9 Å². The highest BCUT2D eigenvalue weighted by atomic mass is 16.4. The van der Waals surface area contributed by atoms with E-state index >= 15 is 0 Å². The third-order valence-corrected chi connectivity index (χ3v) is 5.42. The predicted octanol–water partition coefficient (Wildman–Crippen LogP) is 1.88. The van der Waals surface area contributed by atoms with Gasteiger partial charge in [0.05, 0.1) is 35.1 Å². The number of likely N-dealkylation sites (N-methyl/N-ethyl adjacent to an activating group) is 1. The lowest BCUT2D eigenvalue weighted by molar-refractivity contribution is -0.145. The number of nitrogens with zero attached hydrogens (tertiary/aromatic N) is 4. The molecule has 1 saturated heterocycles. The van der Waals surface area contributed by atoms with Gasteiger partial charge in [0.1, 0.15) is 0 Å². The van der Waals surface area contributed by atoms with Gasteiger partial charge in [-0.15, -0.1) is 0 Å². The van der Waals surface area contributed by atoms with Crippen molar-refractivity contribution in [1.29, 1.82) is 0 Å². The average Bonchev–Trinajstić information content (AvgIpc) is 3.02. The van der Waals surface area contributed by atoms with Crippen molar-refractivity contribution in [3.8, 4) is 5.69 Å². The fraction of sp³-hybridized carbons (Fsp3) is 0.429. The van der Waals surface area contributed by atoms with Crippen molar-refractivity contribution in [3.05, 3.63) is 47.3 Å². The van der Waals surface area contributed by atoms with Gasteiger partial charge in [0.2, 0.25) is 5.91 Å². The molecule has 0 atom stereocenters. The van der Waals surface area contributed by atoms with Crippen molar-refractivity contribution in [2.75, 3.05) is 26.7 Å². The molecule has 2 heterocycles. The van der Waals surface area contributed by atoms with E-state index in [0.29, 0.717) is 37.2 Å². The Morgan fingerprint density at radius 1 is 1.14 bits per heavy atom. The zero-order chi connectivity index (χ0) is 21.1. The number of rotatable bonds is 5. The summed E-state index contributed by atoms with van der Waals surface area (Å²) in [6.45, 7) is 4.38. The molecular formula is C21H26N4O4. The van der Waals surface area contributed by atoms with Crippen LogP contribution in [0.1, 0.15) is 34.6 Å². The first-order valence-electron chi connectivity index (χ1n) is 9.67. The van der Waals surface area contributed by atoms with Crippen LogP contribution in [-0.4, -0.2) is 69.2 Å². The first-order valence-corrected chi connectivity index (χ1v) is 9.67. The lowest BCUT2D eigenvalue weighted by atomic mass is 9.97. The third kappa shape index (κ3) is 4.31. The van der Waals surface area contributed by atoms with E-state index in [0.717, 1.165) is 11.4 Å². The van der Waals surface area contributed by atoms with Gasteiger partial charge in [0.15, 0.2) is 0 Å². The molecule has 1 N–H and O–H groups in total. The summed E-state index contributed by atoms with van der Waals surface area (Å²) in [5, 5.41) is 13.6. The van der Waals surface area contributed by atoms with Crippen LogP contribution in [0, 0.1) is 19.8 Å². The molecule has 0 radical (unpaired) electrons. The summed E-state index contributed by atoms with van der Waals surface area (Å²) in [6.07, 6.45) is 0.890. The molecule has 1 aromatic heterocycles. The van der Waals surface area contributed by atoms with Gasteiger partial charge in [0.25, 0.3) is 5.91 Å². The topological polar surface area (TPSA) is 95.7 Å². The highest BCUT2D eigenvalue weighted by molar-refractivity contribution is 5.98. The number of hydrogen-bond acceptors (Lipinski definition) is 4. The molecule has 154 valence electrons. The SMILES string of the molecule is Cc1nn(-c2ccccc2)c(C)c1C(=O)N(C)CC(=O)N1CCC(C(=O)O)CC1. The lowest BCUT2D eigenvalue weighted by Crippen LogP contribution is -2.45. The third-order valence-electron chi connectivity index (χ3n) is 5.42. The van der Waals surface area contributed by atoms with E-state index in [1.807, 2.05) is 37.3 Å². The van der Waals surface area contributed by atoms with Gasteiger partial charge in [-0.3, -0.25) is 14.4 Å². The number of carbonyl (C=O) groups excluding carboxylic acids is 2. The van der Waals surface area contributed by atoms with E-state index in [9.17, 15) is 14.4 Å². The van der Waals surface area contributed by atoms with E-state index in [1.165, 1.54) is 4.90 Å². The Labute approximate surface area is 169 Å². The monoisotopic (exact) mass is 398 g/mol. The average molecular weight is 398 g/mol. The summed E-state index contributed by atoms with van der Waals surface area (Å²) >= 11 is 0. The van der Waals surface area contributed by atoms with Crippen LogP contribution in [0.5, 0.6) is 0 Å². The van der Waals surface area contributed by atoms with Crippen LogP contribution in [0.25, 0.3) is 5.69 Å². The van der Waals surface area contributed by atoms with Crippen LogP contribution in [-0.2, 0) is 9.59 Å². The molecule has 8 nitrogen and oxygen atoms in total. The van der Waals surface area contributed by atoms with Crippen LogP contribution in [0.3, 0.4) is 0 Å². The van der Waals surface area contributed by atoms with Crippen LogP contribution in [0.4, 0.5) is 0 Å². The molecule has 3 rings (SSSR count). The maximum atomic E-state index is 13.0. The Hall–Kier alpha value is -3.16. The molecule has 0 unspecified atom stereocenters. The number of carbonyl (C=O) groups is 3. The molecule has 0 aliphatic carbocycles. The number of carboxylic acids is 1. The summed E-state index contributed by atoms with van der Waals surface area (Å²) in [6, 6.07) is 9.57. The van der Waals surface area contributed by atoms with Gasteiger partial charge in [-0.05, 0) is 38.8 Å². The zero-order valence-corrected chi connectivity index (χ0v) is 17.0. The Morgan fingerprint density at radius 2 is 1.76 bits per heavy atom. The first-order chi connectivity index (χ1) is 13.8. The molecule has 8 heteroatoms. The van der Waals surface area contributed by atoms with Gasteiger partial charge < -0.3 is 14.9 Å². The van der Waals surface area contributed by atoms with E-state index in [2.05, 4.69) is 5.10 Å². The van der Waals surface area contributed by atoms with Gasteiger partial charge in [0, 0.05) is 20.1 Å². The largest absolute Gasteiger partial charge is 0.481 e. The zero-order valence-electron chi connectivity index (χ0n) is 17.0. The highest BCUT2D eigenvalue weighted by Crippen LogP contribution is 2.20. The summed E-state index contributed by atoms with van der Waals surface area (Å²) in [4.78, 5) is 39.7. The molecule has 2 aromatic rings. The number of benzene rings is 1. The molecule has 1 aromatic carbocycles. The molecule has 0 bridgehead atoms. The van der Waals surface area contributed by atoms with E-state index in [-0.39, 0.29) is 18.4 Å². The smallest absolute Gasteiger partial charge is 0.306 e. The van der Waals surface area contributed by atoms with E-state index in [4.69, 9.17) is 5.11 Å². The lowest BCUT2D eigenvalue weighted by Gasteiger charge is -2.31. The second-order valence-electron chi connectivity index (χ2n) is 7.45. The number of carboxylic acid groups (broad SMARTS) is 1. The van der Waals surface area contributed by atoms with Crippen LogP contribution < -0.4 is 0 Å². The Bertz CT molecular complexity index is 914. The number of likely N-dealkylation sites (tertiary alicyclic amines) is 1. The molecule has 1 aliphatic heterocycles. The Morgan fingerprint density at radius 3 is 2.34 bits per heavy atom. The van der Waals surface area contributed by atoms with Crippen LogP contribution in [0.2, 0.25) is 0 Å². The van der Waals surface area contributed by atoms with Gasteiger partial charge in [-0.25, -0.2) is 4.68 Å². The summed E-state index contributed by atoms with van der Waals surface area (Å²) in [5.41, 5.74) is 2.69. The highest BCUT2D eigenvalue weighted by Gasteiger charge is 2.29. The maximum absolute atomic E-state index is 13.0. The maximum Gasteiger partial charge on any atom is 0.306 e. The van der Waals surface area contributed by atoms with Crippen LogP contribution >= 0.6 is 0 Å². The van der Waals surface area contributed by atoms with Crippen molar-refractivity contribution in [2.45, 2.75) is 26.7 Å². The molecule has 2 amide bonds. The standard InChI is InChI=1S/C21H26N4O4/c1-14-19(15(2)25(22-14)17-7-5-4-6-8-17)20(27)23(3)13-18(26)24-11-9-16(10-12-24)21(28)29/h4-8,16H,9-13H2,1-3H3,(H,28,29). The molecule has 0 saturated carbocycles. The van der Waals surface area contributed by atoms with Gasteiger partial charge in [-0.2, -0.15) is 5.10 Å². The quantitative estimate of drug-likeness (QED) is 0.830. The molecule has 29 heavy (non-hydrogen) atoms. The van der Waals surface area contributed by atoms with Crippen LogP contribution in [0.15, 0.2) is 30.3 Å². The van der Waals surface area contributed by atoms with Crippen molar-refractivity contribution in [2.24, 2.45) is 5.92 Å². The van der Waals surface area contributed by atoms with Crippen molar-refractivity contribution in [3.63, 3.8) is 0 Å². The molecule has 1 fully saturated rings. The second-order valence-corrected chi connectivity index (χ2v) is 7.45. The Balaban J connectivity index is 1.69. The number of hydrogen-bond donors (Lipinski definition) is 1. The summed E-state index contributed by atoms with van der Waals surface area (Å²) in [7, 11) is 1.60. The minimum Gasteiger partial charge on any atom is -0.481 e. The summed E-state index contributed by atoms with van der Waals surface area (Å²) < 4.78 is 1.73. The number of aliphatic carboxylic acids is 1. The van der Waals surface area contributed by atoms with Crippen molar-refractivity contribution in [1.82, 2.24) is 19.6 Å². The molecule has 0 spiro atoms. The fourth-order valence-corrected chi connectivity index (χ4v) is 3.71. The number of aromatic nitrogens is 2. The number of piperidine rings is 1. The van der Waals surface area contributed by atoms with Crippen molar-refractivity contribution >= 4 is 17.8 Å². The molecule has 1 aliphatic rings. The normalized spacial score (nSPS) is 14.7. The summed E-state index contributed by atoms with van der Waals surface area (Å²) in [5.74, 6) is -1.63. The Kier molecular flexibility index (Phi) is 6.00. The van der Waals surface area contributed by atoms with Gasteiger partial charge in [-0.1, -0.05) is 18.2 Å². The first kappa shape index (κ1) is 20.6. The van der Waals surface area contributed by atoms with Gasteiger partial charge >= 0.3 is 5.97 Å². The minimum atomic E-state index is -0.814. The fourth-order valence-electron chi connectivity index (χ4n) is 3.71. The van der Waals surface area contributed by atoms with Crippen molar-refractivity contribution < 1.29 is 19.5 Å². The predicted molar refractivity (Wildman–Crippen MR) is 107 cm³/mol. The number of aryl methyl sites for hydroxylation is 1. The minimum absolute atomic E-state index is 0.0496.